The van der Waals surface area contributed by atoms with Crippen LogP contribution in [0.4, 0.5) is 0 Å². The monoisotopic (exact) mass is 290 g/mol. The Morgan fingerprint density at radius 2 is 2.15 bits per heavy atom. The number of esters is 1. The van der Waals surface area contributed by atoms with Crippen molar-refractivity contribution in [2.75, 3.05) is 6.61 Å². The number of hydrogen-bond donors (Lipinski definition) is 1. The maximum absolute atomic E-state index is 12.1. The van der Waals surface area contributed by atoms with E-state index in [0.29, 0.717) is 13.2 Å². The molecule has 0 radical (unpaired) electrons. The summed E-state index contributed by atoms with van der Waals surface area (Å²) >= 11 is 1.60. The summed E-state index contributed by atoms with van der Waals surface area (Å²) in [6.07, 6.45) is 0. The summed E-state index contributed by atoms with van der Waals surface area (Å²) in [5, 5.41) is 6.24. The summed E-state index contributed by atoms with van der Waals surface area (Å²) < 4.78 is 5.13. The highest BCUT2D eigenvalue weighted by Crippen LogP contribution is 2.16. The van der Waals surface area contributed by atoms with Gasteiger partial charge in [0.1, 0.15) is 6.04 Å². The van der Waals surface area contributed by atoms with Crippen LogP contribution >= 0.6 is 11.3 Å². The van der Waals surface area contributed by atoms with E-state index in [9.17, 15) is 4.79 Å². The van der Waals surface area contributed by atoms with Gasteiger partial charge >= 0.3 is 5.97 Å². The van der Waals surface area contributed by atoms with Gasteiger partial charge in [0, 0.05) is 11.9 Å². The van der Waals surface area contributed by atoms with Gasteiger partial charge in [0.2, 0.25) is 0 Å². The number of benzene rings is 1. The number of nitrogens with one attached hydrogen (secondary N) is 1. The van der Waals surface area contributed by atoms with E-state index in [1.54, 1.807) is 11.3 Å². The molecule has 0 saturated heterocycles. The van der Waals surface area contributed by atoms with Crippen molar-refractivity contribution in [3.63, 3.8) is 0 Å². The van der Waals surface area contributed by atoms with E-state index in [1.165, 1.54) is 0 Å². The predicted molar refractivity (Wildman–Crippen MR) is 79.5 cm³/mol. The quantitative estimate of drug-likeness (QED) is 0.831. The Morgan fingerprint density at radius 1 is 1.40 bits per heavy atom. The number of carbonyl (C=O) groups is 1. The summed E-state index contributed by atoms with van der Waals surface area (Å²) in [4.78, 5) is 16.5. The molecule has 4 nitrogen and oxygen atoms in total. The van der Waals surface area contributed by atoms with Gasteiger partial charge in [0.15, 0.2) is 0 Å². The molecule has 0 amide bonds. The number of hydrogen-bond acceptors (Lipinski definition) is 5. The molecule has 1 heterocycles. The summed E-state index contributed by atoms with van der Waals surface area (Å²) in [6, 6.07) is 9.13. The zero-order valence-corrected chi connectivity index (χ0v) is 12.4. The van der Waals surface area contributed by atoms with Crippen molar-refractivity contribution in [3.05, 3.63) is 52.0 Å². The molecule has 0 spiro atoms. The number of rotatable bonds is 6. The molecule has 2 aromatic rings. The second-order valence-corrected chi connectivity index (χ2v) is 5.40. The molecule has 1 aromatic carbocycles. The molecule has 106 valence electrons. The smallest absolute Gasteiger partial charge is 0.327 e. The molecule has 0 fully saturated rings. The van der Waals surface area contributed by atoms with Crippen LogP contribution in [0, 0.1) is 6.92 Å². The lowest BCUT2D eigenvalue weighted by molar-refractivity contribution is -0.145. The van der Waals surface area contributed by atoms with Gasteiger partial charge in [0.25, 0.3) is 0 Å². The van der Waals surface area contributed by atoms with Crippen LogP contribution in [0.5, 0.6) is 0 Å². The molecule has 1 N–H and O–H groups in total. The average Bonchev–Trinajstić information content (AvgIpc) is 2.86. The molecule has 0 aliphatic rings. The standard InChI is InChI=1S/C15H18N2O2S/c1-3-19-15(18)14(12-7-5-4-6-8-12)16-9-13-10-20-11(2)17-13/h4-8,10,14,16H,3,9H2,1-2H3. The van der Waals surface area contributed by atoms with Crippen LogP contribution in [0.3, 0.4) is 0 Å². The highest BCUT2D eigenvalue weighted by Gasteiger charge is 2.21. The fraction of sp³-hybridized carbons (Fsp3) is 0.333. The summed E-state index contributed by atoms with van der Waals surface area (Å²) in [5.41, 5.74) is 1.84. The van der Waals surface area contributed by atoms with Crippen molar-refractivity contribution in [1.82, 2.24) is 10.3 Å². The topological polar surface area (TPSA) is 51.2 Å². The minimum absolute atomic E-state index is 0.259. The fourth-order valence-electron chi connectivity index (χ4n) is 1.90. The van der Waals surface area contributed by atoms with E-state index in [2.05, 4.69) is 10.3 Å². The summed E-state index contributed by atoms with van der Waals surface area (Å²) in [6.45, 7) is 4.69. The Balaban J connectivity index is 2.08. The van der Waals surface area contributed by atoms with E-state index >= 15 is 0 Å². The zero-order valence-electron chi connectivity index (χ0n) is 11.6. The molecule has 1 aromatic heterocycles. The number of aryl methyl sites for hydroxylation is 1. The van der Waals surface area contributed by atoms with E-state index in [1.807, 2.05) is 49.6 Å². The maximum atomic E-state index is 12.1. The fourth-order valence-corrected chi connectivity index (χ4v) is 2.52. The third kappa shape index (κ3) is 3.88. The van der Waals surface area contributed by atoms with Gasteiger partial charge in [-0.15, -0.1) is 11.3 Å². The van der Waals surface area contributed by atoms with Crippen molar-refractivity contribution < 1.29 is 9.53 Å². The van der Waals surface area contributed by atoms with Crippen LogP contribution in [0.1, 0.15) is 29.2 Å². The van der Waals surface area contributed by atoms with Crippen LogP contribution in [0.15, 0.2) is 35.7 Å². The van der Waals surface area contributed by atoms with Crippen LogP contribution < -0.4 is 5.32 Å². The first-order valence-electron chi connectivity index (χ1n) is 6.56. The SMILES string of the molecule is CCOC(=O)C(NCc1csc(C)n1)c1ccccc1. The van der Waals surface area contributed by atoms with Crippen molar-refractivity contribution in [2.24, 2.45) is 0 Å². The largest absolute Gasteiger partial charge is 0.465 e. The third-order valence-electron chi connectivity index (χ3n) is 2.81. The summed E-state index contributed by atoms with van der Waals surface area (Å²) in [7, 11) is 0. The van der Waals surface area contributed by atoms with E-state index in [4.69, 9.17) is 4.74 Å². The molecule has 0 bridgehead atoms. The highest BCUT2D eigenvalue weighted by atomic mass is 32.1. The van der Waals surface area contributed by atoms with Crippen LogP contribution in [0.2, 0.25) is 0 Å². The minimum atomic E-state index is -0.460. The molecule has 1 atom stereocenters. The van der Waals surface area contributed by atoms with Gasteiger partial charge < -0.3 is 4.74 Å². The minimum Gasteiger partial charge on any atom is -0.465 e. The lowest BCUT2D eigenvalue weighted by atomic mass is 10.1. The average molecular weight is 290 g/mol. The first kappa shape index (κ1) is 14.7. The lowest BCUT2D eigenvalue weighted by Gasteiger charge is -2.17. The highest BCUT2D eigenvalue weighted by molar-refractivity contribution is 7.09. The second-order valence-electron chi connectivity index (χ2n) is 4.33. The third-order valence-corrected chi connectivity index (χ3v) is 3.63. The van der Waals surface area contributed by atoms with Crippen molar-refractivity contribution >= 4 is 17.3 Å². The molecule has 1 unspecified atom stereocenters. The van der Waals surface area contributed by atoms with Crippen LogP contribution in [0.25, 0.3) is 0 Å². The normalized spacial score (nSPS) is 12.1. The van der Waals surface area contributed by atoms with Crippen LogP contribution in [-0.4, -0.2) is 17.6 Å². The Hall–Kier alpha value is -1.72. The number of ether oxygens (including phenoxy) is 1. The molecular weight excluding hydrogens is 272 g/mol. The number of carbonyl (C=O) groups excluding carboxylic acids is 1. The number of thiazole rings is 1. The lowest BCUT2D eigenvalue weighted by Crippen LogP contribution is -2.30. The molecule has 2 rings (SSSR count). The van der Waals surface area contributed by atoms with Crippen LogP contribution in [-0.2, 0) is 16.1 Å². The maximum Gasteiger partial charge on any atom is 0.327 e. The molecule has 0 aliphatic carbocycles. The molecule has 0 aliphatic heterocycles. The number of aromatic nitrogens is 1. The zero-order chi connectivity index (χ0) is 14.4. The molecule has 5 heteroatoms. The predicted octanol–water partition coefficient (Wildman–Crippen LogP) is 2.85. The molecule has 20 heavy (non-hydrogen) atoms. The summed E-state index contributed by atoms with van der Waals surface area (Å²) in [5.74, 6) is -0.259. The molecule has 0 saturated carbocycles. The first-order chi connectivity index (χ1) is 9.70. The van der Waals surface area contributed by atoms with Gasteiger partial charge in [-0.25, -0.2) is 9.78 Å². The van der Waals surface area contributed by atoms with Crippen molar-refractivity contribution in [1.29, 1.82) is 0 Å². The van der Waals surface area contributed by atoms with Crippen molar-refractivity contribution in [2.45, 2.75) is 26.4 Å². The van der Waals surface area contributed by atoms with E-state index < -0.39 is 6.04 Å². The van der Waals surface area contributed by atoms with Gasteiger partial charge in [-0.1, -0.05) is 30.3 Å². The Kier molecular flexibility index (Phi) is 5.26. The van der Waals surface area contributed by atoms with Gasteiger partial charge in [-0.05, 0) is 19.4 Å². The second kappa shape index (κ2) is 7.17. The van der Waals surface area contributed by atoms with Gasteiger partial charge in [-0.3, -0.25) is 5.32 Å². The molecular formula is C15H18N2O2S. The van der Waals surface area contributed by atoms with Crippen molar-refractivity contribution in [3.8, 4) is 0 Å². The first-order valence-corrected chi connectivity index (χ1v) is 7.44. The van der Waals surface area contributed by atoms with Gasteiger partial charge in [0.05, 0.1) is 17.3 Å². The van der Waals surface area contributed by atoms with Gasteiger partial charge in [-0.2, -0.15) is 0 Å². The van der Waals surface area contributed by atoms with E-state index in [-0.39, 0.29) is 5.97 Å². The Morgan fingerprint density at radius 3 is 2.75 bits per heavy atom. The van der Waals surface area contributed by atoms with E-state index in [0.717, 1.165) is 16.3 Å². The number of nitrogens with zero attached hydrogens (tertiary/aromatic N) is 1. The Bertz CT molecular complexity index is 554. The Labute approximate surface area is 122 Å².